The average molecular weight is 345 g/mol. The van der Waals surface area contributed by atoms with E-state index in [9.17, 15) is 9.90 Å². The van der Waals surface area contributed by atoms with Gasteiger partial charge < -0.3 is 10.0 Å². The van der Waals surface area contributed by atoms with E-state index >= 15 is 0 Å². The van der Waals surface area contributed by atoms with Gasteiger partial charge in [0.1, 0.15) is 5.69 Å². The number of piperazine rings is 1. The number of aromatic nitrogens is 1. The van der Waals surface area contributed by atoms with Crippen LogP contribution in [0, 0.1) is 0 Å². The molecular formula is C18H23N3O2S. The van der Waals surface area contributed by atoms with Gasteiger partial charge in [0, 0.05) is 44.1 Å². The Balaban J connectivity index is 1.65. The normalized spacial score (nSPS) is 18.8. The lowest BCUT2D eigenvalue weighted by molar-refractivity contribution is 0.0496. The predicted octanol–water partition coefficient (Wildman–Crippen LogP) is 1.87. The van der Waals surface area contributed by atoms with Crippen LogP contribution in [0.3, 0.4) is 0 Å². The number of rotatable bonds is 5. The molecule has 1 aromatic carbocycles. The summed E-state index contributed by atoms with van der Waals surface area (Å²) in [6, 6.07) is 10.4. The molecule has 1 saturated heterocycles. The molecule has 6 heteroatoms. The summed E-state index contributed by atoms with van der Waals surface area (Å²) in [4.78, 5) is 21.3. The van der Waals surface area contributed by atoms with Crippen LogP contribution in [0.25, 0.3) is 0 Å². The van der Waals surface area contributed by atoms with Crippen LogP contribution in [0.4, 0.5) is 0 Å². The number of likely N-dealkylation sites (N-methyl/N-ethyl adjacent to an activating group) is 1. The fourth-order valence-electron chi connectivity index (χ4n) is 3.01. The van der Waals surface area contributed by atoms with Gasteiger partial charge in [0.15, 0.2) is 0 Å². The van der Waals surface area contributed by atoms with Gasteiger partial charge in [-0.3, -0.25) is 9.69 Å². The minimum atomic E-state index is 0.00148. The number of aliphatic hydroxyl groups is 1. The highest BCUT2D eigenvalue weighted by molar-refractivity contribution is 7.09. The molecule has 2 aromatic rings. The number of thiazole rings is 1. The van der Waals surface area contributed by atoms with Gasteiger partial charge in [-0.25, -0.2) is 4.98 Å². The number of aliphatic hydroxyl groups excluding tert-OH is 1. The van der Waals surface area contributed by atoms with Crippen LogP contribution < -0.4 is 0 Å². The van der Waals surface area contributed by atoms with Crippen molar-refractivity contribution in [2.75, 3.05) is 33.3 Å². The molecule has 2 heterocycles. The minimum absolute atomic E-state index is 0.00148. The zero-order chi connectivity index (χ0) is 16.9. The van der Waals surface area contributed by atoms with Crippen molar-refractivity contribution in [1.82, 2.24) is 14.8 Å². The fraction of sp³-hybridized carbons (Fsp3) is 0.444. The SMILES string of the molecule is CN1CCN(C(=O)c2csc(Cc3ccccc3)n2)C[C@@H]1CCO. The molecule has 0 spiro atoms. The molecule has 0 saturated carbocycles. The predicted molar refractivity (Wildman–Crippen MR) is 95.4 cm³/mol. The molecular weight excluding hydrogens is 322 g/mol. The van der Waals surface area contributed by atoms with Crippen LogP contribution in [-0.2, 0) is 6.42 Å². The Morgan fingerprint density at radius 2 is 2.12 bits per heavy atom. The summed E-state index contributed by atoms with van der Waals surface area (Å²) in [5, 5.41) is 12.0. The Morgan fingerprint density at radius 1 is 1.33 bits per heavy atom. The molecule has 1 N–H and O–H groups in total. The highest BCUT2D eigenvalue weighted by Crippen LogP contribution is 2.18. The van der Waals surface area contributed by atoms with E-state index in [1.807, 2.05) is 35.5 Å². The maximum absolute atomic E-state index is 12.7. The highest BCUT2D eigenvalue weighted by atomic mass is 32.1. The van der Waals surface area contributed by atoms with Gasteiger partial charge in [0.2, 0.25) is 0 Å². The average Bonchev–Trinajstić information content (AvgIpc) is 3.06. The first kappa shape index (κ1) is 17.1. The summed E-state index contributed by atoms with van der Waals surface area (Å²) >= 11 is 1.54. The van der Waals surface area contributed by atoms with Crippen molar-refractivity contribution < 1.29 is 9.90 Å². The molecule has 0 radical (unpaired) electrons. The van der Waals surface area contributed by atoms with E-state index in [4.69, 9.17) is 0 Å². The number of amides is 1. The number of nitrogens with zero attached hydrogens (tertiary/aromatic N) is 3. The van der Waals surface area contributed by atoms with Crippen molar-refractivity contribution in [3.63, 3.8) is 0 Å². The Labute approximate surface area is 146 Å². The van der Waals surface area contributed by atoms with E-state index < -0.39 is 0 Å². The lowest BCUT2D eigenvalue weighted by Crippen LogP contribution is -2.53. The van der Waals surface area contributed by atoms with Crippen molar-refractivity contribution in [2.45, 2.75) is 18.9 Å². The number of carbonyl (C=O) groups is 1. The second-order valence-corrected chi connectivity index (χ2v) is 7.13. The summed E-state index contributed by atoms with van der Waals surface area (Å²) in [6.07, 6.45) is 1.45. The van der Waals surface area contributed by atoms with Crippen molar-refractivity contribution in [1.29, 1.82) is 0 Å². The van der Waals surface area contributed by atoms with E-state index in [0.29, 0.717) is 25.2 Å². The molecule has 1 aromatic heterocycles. The molecule has 5 nitrogen and oxygen atoms in total. The quantitative estimate of drug-likeness (QED) is 0.899. The molecule has 24 heavy (non-hydrogen) atoms. The largest absolute Gasteiger partial charge is 0.396 e. The number of carbonyl (C=O) groups excluding carboxylic acids is 1. The molecule has 0 aliphatic carbocycles. The molecule has 0 unspecified atom stereocenters. The van der Waals surface area contributed by atoms with Gasteiger partial charge >= 0.3 is 0 Å². The lowest BCUT2D eigenvalue weighted by atomic mass is 10.1. The van der Waals surface area contributed by atoms with Crippen molar-refractivity contribution in [3.05, 3.63) is 52.0 Å². The van der Waals surface area contributed by atoms with Gasteiger partial charge in [0.05, 0.1) is 5.01 Å². The van der Waals surface area contributed by atoms with E-state index in [0.717, 1.165) is 18.0 Å². The molecule has 1 atom stereocenters. The Bertz CT molecular complexity index is 674. The van der Waals surface area contributed by atoms with Crippen LogP contribution >= 0.6 is 11.3 Å². The van der Waals surface area contributed by atoms with Gasteiger partial charge in [-0.05, 0) is 19.0 Å². The first-order valence-electron chi connectivity index (χ1n) is 8.26. The zero-order valence-corrected chi connectivity index (χ0v) is 14.7. The first-order chi connectivity index (χ1) is 11.7. The topological polar surface area (TPSA) is 56.7 Å². The van der Waals surface area contributed by atoms with E-state index in [-0.39, 0.29) is 18.6 Å². The molecule has 1 aliphatic rings. The smallest absolute Gasteiger partial charge is 0.273 e. The van der Waals surface area contributed by atoms with Crippen LogP contribution in [0.1, 0.15) is 27.5 Å². The van der Waals surface area contributed by atoms with Crippen molar-refractivity contribution in [2.24, 2.45) is 0 Å². The van der Waals surface area contributed by atoms with Crippen molar-refractivity contribution in [3.8, 4) is 0 Å². The number of hydrogen-bond acceptors (Lipinski definition) is 5. The molecule has 128 valence electrons. The Hall–Kier alpha value is -1.76. The van der Waals surface area contributed by atoms with Crippen LogP contribution in [0.2, 0.25) is 0 Å². The molecule has 3 rings (SSSR count). The standard InChI is InChI=1S/C18H23N3O2S/c1-20-8-9-21(12-15(20)7-10-22)18(23)16-13-24-17(19-16)11-14-5-3-2-4-6-14/h2-6,13,15,22H,7-12H2,1H3/t15-/m0/s1. The van der Waals surface area contributed by atoms with Gasteiger partial charge in [-0.2, -0.15) is 0 Å². The summed E-state index contributed by atoms with van der Waals surface area (Å²) < 4.78 is 0. The van der Waals surface area contributed by atoms with Crippen LogP contribution in [0.5, 0.6) is 0 Å². The molecule has 0 bridgehead atoms. The van der Waals surface area contributed by atoms with E-state index in [1.165, 1.54) is 16.9 Å². The summed E-state index contributed by atoms with van der Waals surface area (Å²) in [5.41, 5.74) is 1.74. The second-order valence-electron chi connectivity index (χ2n) is 6.19. The molecule has 1 fully saturated rings. The first-order valence-corrected chi connectivity index (χ1v) is 9.14. The second kappa shape index (κ2) is 7.88. The van der Waals surface area contributed by atoms with Crippen LogP contribution in [-0.4, -0.2) is 65.1 Å². The van der Waals surface area contributed by atoms with E-state index in [1.54, 1.807) is 0 Å². The van der Waals surface area contributed by atoms with E-state index in [2.05, 4.69) is 22.0 Å². The summed E-state index contributed by atoms with van der Waals surface area (Å²) in [5.74, 6) is 0.00148. The Morgan fingerprint density at radius 3 is 2.88 bits per heavy atom. The third-order valence-corrected chi connectivity index (χ3v) is 5.34. The summed E-state index contributed by atoms with van der Waals surface area (Å²) in [7, 11) is 2.04. The number of benzene rings is 1. The Kier molecular flexibility index (Phi) is 5.60. The summed E-state index contributed by atoms with van der Waals surface area (Å²) in [6.45, 7) is 2.34. The third-order valence-electron chi connectivity index (χ3n) is 4.50. The molecule has 1 aliphatic heterocycles. The fourth-order valence-corrected chi connectivity index (χ4v) is 3.82. The zero-order valence-electron chi connectivity index (χ0n) is 13.9. The number of hydrogen-bond donors (Lipinski definition) is 1. The van der Waals surface area contributed by atoms with Crippen LogP contribution in [0.15, 0.2) is 35.7 Å². The molecule has 1 amide bonds. The third kappa shape index (κ3) is 4.01. The van der Waals surface area contributed by atoms with Gasteiger partial charge in [-0.1, -0.05) is 30.3 Å². The monoisotopic (exact) mass is 345 g/mol. The highest BCUT2D eigenvalue weighted by Gasteiger charge is 2.28. The van der Waals surface area contributed by atoms with Gasteiger partial charge in [-0.15, -0.1) is 11.3 Å². The van der Waals surface area contributed by atoms with Gasteiger partial charge in [0.25, 0.3) is 5.91 Å². The maximum Gasteiger partial charge on any atom is 0.273 e. The minimum Gasteiger partial charge on any atom is -0.396 e. The lowest BCUT2D eigenvalue weighted by Gasteiger charge is -2.39. The maximum atomic E-state index is 12.7. The van der Waals surface area contributed by atoms with Crippen molar-refractivity contribution >= 4 is 17.2 Å².